The number of nitrogens with one attached hydrogen (secondary N) is 1. The van der Waals surface area contributed by atoms with Gasteiger partial charge in [-0.05, 0) is 77.0 Å². The van der Waals surface area contributed by atoms with Gasteiger partial charge in [-0.15, -0.1) is 0 Å². The Bertz CT molecular complexity index is 1840. The zero-order valence-electron chi connectivity index (χ0n) is 28.1. The number of carbonyl (C=O) groups excluding carboxylic acids is 2. The smallest absolute Gasteiger partial charge is 0.405 e. The molecule has 0 aromatic heterocycles. The van der Waals surface area contributed by atoms with Crippen LogP contribution >= 0.6 is 0 Å². The third-order valence-electron chi connectivity index (χ3n) is 10.4. The van der Waals surface area contributed by atoms with E-state index in [-0.39, 0.29) is 5.91 Å². The largest absolute Gasteiger partial charge is 0.497 e. The summed E-state index contributed by atoms with van der Waals surface area (Å²) in [6.07, 6.45) is -2.58. The number of nitrogens with zero attached hydrogens (tertiary/aromatic N) is 3. The average Bonchev–Trinajstić information content (AvgIpc) is 3.60. The Morgan fingerprint density at radius 2 is 1.54 bits per heavy atom. The molecule has 50 heavy (non-hydrogen) atoms. The van der Waals surface area contributed by atoms with Crippen molar-refractivity contribution in [3.8, 4) is 16.9 Å². The Morgan fingerprint density at radius 1 is 0.840 bits per heavy atom. The summed E-state index contributed by atoms with van der Waals surface area (Å²) in [5.41, 5.74) is 6.04. The molecule has 0 unspecified atom stereocenters. The quantitative estimate of drug-likeness (QED) is 0.177. The van der Waals surface area contributed by atoms with Crippen molar-refractivity contribution in [1.29, 1.82) is 0 Å². The molecule has 4 aromatic rings. The lowest BCUT2D eigenvalue weighted by Crippen LogP contribution is -2.47. The van der Waals surface area contributed by atoms with Crippen molar-refractivity contribution in [1.82, 2.24) is 15.1 Å². The number of anilines is 1. The van der Waals surface area contributed by atoms with Crippen LogP contribution in [0, 0.1) is 0 Å². The fourth-order valence-electron chi connectivity index (χ4n) is 7.90. The monoisotopic (exact) mass is 682 g/mol. The number of hydrogen-bond donors (Lipinski definition) is 1. The van der Waals surface area contributed by atoms with Gasteiger partial charge >= 0.3 is 6.18 Å². The van der Waals surface area contributed by atoms with Crippen LogP contribution in [0.1, 0.15) is 51.9 Å². The number of alkyl halides is 3. The first-order chi connectivity index (χ1) is 24.2. The van der Waals surface area contributed by atoms with Crippen molar-refractivity contribution in [2.24, 2.45) is 0 Å². The zero-order chi connectivity index (χ0) is 34.9. The molecule has 4 aromatic carbocycles. The molecule has 7 nitrogen and oxygen atoms in total. The minimum atomic E-state index is -4.50. The van der Waals surface area contributed by atoms with Crippen molar-refractivity contribution in [2.45, 2.75) is 43.9 Å². The van der Waals surface area contributed by atoms with Crippen LogP contribution in [0.2, 0.25) is 0 Å². The molecule has 3 aliphatic rings. The van der Waals surface area contributed by atoms with Gasteiger partial charge in [-0.2, -0.15) is 13.2 Å². The molecule has 10 heteroatoms. The molecule has 0 saturated carbocycles. The van der Waals surface area contributed by atoms with E-state index in [0.717, 1.165) is 89.5 Å². The summed E-state index contributed by atoms with van der Waals surface area (Å²) in [6, 6.07) is 29.2. The van der Waals surface area contributed by atoms with Gasteiger partial charge in [0.15, 0.2) is 0 Å². The standard InChI is InChI=1S/C40H41F3N4O3/c1-50-31-10-8-9-28(23-31)25-47-26-29-15-16-30(24-34(29)37(47)48)46-21-19-45(20-22-46)18-7-6-17-39(38(49)44-27-40(41,42)43)35-13-4-2-11-32(35)33-12-3-5-14-36(33)39/h2-5,8-16,23-24H,6-7,17-22,25-27H2,1H3,(H,44,49). The molecule has 0 bridgehead atoms. The number of halogens is 3. The molecule has 260 valence electrons. The van der Waals surface area contributed by atoms with Crippen molar-refractivity contribution in [3.05, 3.63) is 119 Å². The van der Waals surface area contributed by atoms with E-state index in [0.29, 0.717) is 25.9 Å². The average molecular weight is 683 g/mol. The third-order valence-corrected chi connectivity index (χ3v) is 10.4. The van der Waals surface area contributed by atoms with E-state index >= 15 is 0 Å². The lowest BCUT2D eigenvalue weighted by atomic mass is 9.73. The van der Waals surface area contributed by atoms with Crippen LogP contribution in [0.4, 0.5) is 18.9 Å². The molecule has 1 saturated heterocycles. The normalized spacial score (nSPS) is 16.6. The highest BCUT2D eigenvalue weighted by molar-refractivity contribution is 6.01. The number of carbonyl (C=O) groups is 2. The second-order valence-electron chi connectivity index (χ2n) is 13.4. The first kappa shape index (κ1) is 33.7. The highest BCUT2D eigenvalue weighted by Crippen LogP contribution is 2.51. The molecule has 1 aliphatic carbocycles. The van der Waals surface area contributed by atoms with Crippen molar-refractivity contribution >= 4 is 17.5 Å². The summed E-state index contributed by atoms with van der Waals surface area (Å²) < 4.78 is 45.0. The molecule has 1 N–H and O–H groups in total. The minimum Gasteiger partial charge on any atom is -0.497 e. The number of unbranched alkanes of at least 4 members (excludes halogenated alkanes) is 1. The van der Waals surface area contributed by atoms with E-state index in [1.807, 2.05) is 83.8 Å². The van der Waals surface area contributed by atoms with Crippen LogP contribution in [-0.4, -0.2) is 74.2 Å². The summed E-state index contributed by atoms with van der Waals surface area (Å²) in [6.45, 7) is 3.95. The number of hydrogen-bond acceptors (Lipinski definition) is 5. The lowest BCUT2D eigenvalue weighted by Gasteiger charge is -2.36. The maximum Gasteiger partial charge on any atom is 0.405 e. The van der Waals surface area contributed by atoms with Gasteiger partial charge in [0, 0.05) is 50.5 Å². The third kappa shape index (κ3) is 6.56. The Morgan fingerprint density at radius 3 is 2.22 bits per heavy atom. The number of methoxy groups -OCH3 is 1. The highest BCUT2D eigenvalue weighted by Gasteiger charge is 2.49. The summed E-state index contributed by atoms with van der Waals surface area (Å²) in [5.74, 6) is 0.215. The molecule has 2 heterocycles. The number of amides is 2. The molecule has 2 aliphatic heterocycles. The molecule has 1 fully saturated rings. The summed E-state index contributed by atoms with van der Waals surface area (Å²) >= 11 is 0. The van der Waals surface area contributed by atoms with E-state index in [9.17, 15) is 22.8 Å². The van der Waals surface area contributed by atoms with E-state index in [1.54, 1.807) is 7.11 Å². The second-order valence-corrected chi connectivity index (χ2v) is 13.4. The van der Waals surface area contributed by atoms with Gasteiger partial charge in [0.2, 0.25) is 5.91 Å². The lowest BCUT2D eigenvalue weighted by molar-refractivity contribution is -0.141. The predicted molar refractivity (Wildman–Crippen MR) is 187 cm³/mol. The molecular weight excluding hydrogens is 641 g/mol. The van der Waals surface area contributed by atoms with Gasteiger partial charge in [-0.25, -0.2) is 0 Å². The molecule has 2 amide bonds. The SMILES string of the molecule is COc1cccc(CN2Cc3ccc(N4CCN(CCCCC5(C(=O)NCC(F)(F)F)c6ccccc6-c6ccccc65)CC4)cc3C2=O)c1. The second kappa shape index (κ2) is 13.8. The molecule has 0 radical (unpaired) electrons. The molecular formula is C40H41F3N4O3. The van der Waals surface area contributed by atoms with Crippen LogP contribution in [0.25, 0.3) is 11.1 Å². The Labute approximate surface area is 290 Å². The van der Waals surface area contributed by atoms with E-state index in [4.69, 9.17) is 4.74 Å². The molecule has 0 atom stereocenters. The van der Waals surface area contributed by atoms with Gasteiger partial charge in [0.1, 0.15) is 17.7 Å². The van der Waals surface area contributed by atoms with E-state index in [2.05, 4.69) is 27.2 Å². The number of rotatable bonds is 11. The van der Waals surface area contributed by atoms with Crippen LogP contribution < -0.4 is 15.0 Å². The van der Waals surface area contributed by atoms with Gasteiger partial charge in [0.25, 0.3) is 5.91 Å². The first-order valence-electron chi connectivity index (χ1n) is 17.2. The van der Waals surface area contributed by atoms with Crippen molar-refractivity contribution < 1.29 is 27.5 Å². The Balaban J connectivity index is 0.958. The molecule has 0 spiro atoms. The fraction of sp³-hybridized carbons (Fsp3) is 0.350. The van der Waals surface area contributed by atoms with E-state index in [1.165, 1.54) is 0 Å². The van der Waals surface area contributed by atoms with E-state index < -0.39 is 24.0 Å². The Kier molecular flexibility index (Phi) is 9.30. The first-order valence-corrected chi connectivity index (χ1v) is 17.2. The van der Waals surface area contributed by atoms with Crippen LogP contribution in [0.5, 0.6) is 5.75 Å². The van der Waals surface area contributed by atoms with Crippen LogP contribution in [0.3, 0.4) is 0 Å². The molecule has 7 rings (SSSR count). The minimum absolute atomic E-state index is 0.0423. The summed E-state index contributed by atoms with van der Waals surface area (Å²) in [7, 11) is 1.64. The zero-order valence-corrected chi connectivity index (χ0v) is 28.1. The van der Waals surface area contributed by atoms with Crippen molar-refractivity contribution in [2.75, 3.05) is 51.3 Å². The predicted octanol–water partition coefficient (Wildman–Crippen LogP) is 6.79. The summed E-state index contributed by atoms with van der Waals surface area (Å²) in [4.78, 5) is 33.7. The number of fused-ring (bicyclic) bond motifs is 4. The summed E-state index contributed by atoms with van der Waals surface area (Å²) in [5, 5.41) is 2.23. The Hall–Kier alpha value is -4.83. The van der Waals surface area contributed by atoms with Gasteiger partial charge in [0.05, 0.1) is 7.11 Å². The number of piperazine rings is 1. The maximum atomic E-state index is 13.8. The van der Waals surface area contributed by atoms with Gasteiger partial charge < -0.3 is 19.9 Å². The van der Waals surface area contributed by atoms with Gasteiger partial charge in [-0.1, -0.05) is 73.2 Å². The van der Waals surface area contributed by atoms with Crippen LogP contribution in [-0.2, 0) is 23.3 Å². The number of benzene rings is 4. The maximum absolute atomic E-state index is 13.8. The van der Waals surface area contributed by atoms with Crippen molar-refractivity contribution in [3.63, 3.8) is 0 Å². The fourth-order valence-corrected chi connectivity index (χ4v) is 7.90. The highest BCUT2D eigenvalue weighted by atomic mass is 19.4. The van der Waals surface area contributed by atoms with Gasteiger partial charge in [-0.3, -0.25) is 14.5 Å². The number of ether oxygens (including phenoxy) is 1. The van der Waals surface area contributed by atoms with Crippen LogP contribution in [0.15, 0.2) is 91.0 Å². The topological polar surface area (TPSA) is 65.1 Å².